The van der Waals surface area contributed by atoms with Crippen molar-refractivity contribution in [2.24, 2.45) is 34.0 Å². The number of carbonyl (C=O) groups is 2. The van der Waals surface area contributed by atoms with E-state index < -0.39 is 16.4 Å². The molecular weight excluding hydrogens is 380 g/mol. The zero-order valence-electron chi connectivity index (χ0n) is 19.9. The maximum absolute atomic E-state index is 13.5. The van der Waals surface area contributed by atoms with Crippen molar-refractivity contribution in [3.63, 3.8) is 0 Å². The molecule has 5 nitrogen and oxygen atoms in total. The molecule has 1 atom stereocenters. The summed E-state index contributed by atoms with van der Waals surface area (Å²) in [5, 5.41) is 8.94. The summed E-state index contributed by atoms with van der Waals surface area (Å²) in [5.74, 6) is 1.81. The molecule has 30 heavy (non-hydrogen) atoms. The van der Waals surface area contributed by atoms with Gasteiger partial charge in [-0.3, -0.25) is 9.59 Å². The maximum Gasteiger partial charge on any atom is 0.312 e. The number of aliphatic hydroxyl groups is 1. The number of aliphatic hydroxyl groups excluding tert-OH is 1. The molecule has 4 fully saturated rings. The van der Waals surface area contributed by atoms with Crippen molar-refractivity contribution in [3.05, 3.63) is 0 Å². The van der Waals surface area contributed by atoms with E-state index in [-0.39, 0.29) is 30.6 Å². The molecule has 4 aliphatic carbocycles. The highest BCUT2D eigenvalue weighted by atomic mass is 16.6. The van der Waals surface area contributed by atoms with Crippen LogP contribution in [0.5, 0.6) is 0 Å². The minimum atomic E-state index is -0.830. The molecule has 0 aromatic carbocycles. The Balaban J connectivity index is 1.73. The predicted molar refractivity (Wildman–Crippen MR) is 116 cm³/mol. The van der Waals surface area contributed by atoms with Crippen LogP contribution < -0.4 is 0 Å². The summed E-state index contributed by atoms with van der Waals surface area (Å²) < 4.78 is 11.5. The summed E-state index contributed by atoms with van der Waals surface area (Å²) in [5.41, 5.74) is -2.00. The number of carbonyl (C=O) groups excluding carboxylic acids is 2. The molecule has 0 heterocycles. The SMILES string of the molecule is CCC(C)(CC(C)(C)C(=O)OCCO)C(=O)OC(C)(C)C12CC3CC(CC(C3)C1)C2. The standard InChI is InChI=1S/C25H42O5/c1-7-24(6,16-22(2,3)20(27)29-9-8-26)21(28)30-23(4,5)25-13-17-10-18(14-25)12-19(11-17)15-25/h17-19,26H,7-16H2,1-6H3. The molecule has 1 N–H and O–H groups in total. The first-order chi connectivity index (χ1) is 13.9. The highest BCUT2D eigenvalue weighted by molar-refractivity contribution is 5.80. The third kappa shape index (κ3) is 4.28. The lowest BCUT2D eigenvalue weighted by Gasteiger charge is -2.61. The van der Waals surface area contributed by atoms with Crippen molar-refractivity contribution < 1.29 is 24.2 Å². The van der Waals surface area contributed by atoms with E-state index >= 15 is 0 Å². The fourth-order valence-corrected chi connectivity index (χ4v) is 7.03. The summed E-state index contributed by atoms with van der Waals surface area (Å²) in [4.78, 5) is 26.0. The molecule has 0 aromatic heterocycles. The maximum atomic E-state index is 13.5. The summed E-state index contributed by atoms with van der Waals surface area (Å²) >= 11 is 0. The molecule has 4 aliphatic rings. The Morgan fingerprint density at radius 2 is 1.43 bits per heavy atom. The van der Waals surface area contributed by atoms with Crippen LogP contribution in [0.1, 0.15) is 92.9 Å². The molecule has 0 spiro atoms. The van der Waals surface area contributed by atoms with E-state index in [0.717, 1.165) is 17.8 Å². The predicted octanol–water partition coefficient (Wildman–Crippen LogP) is 4.89. The second kappa shape index (κ2) is 8.11. The topological polar surface area (TPSA) is 72.8 Å². The molecule has 172 valence electrons. The van der Waals surface area contributed by atoms with Gasteiger partial charge in [0.05, 0.1) is 17.4 Å². The molecule has 0 aromatic rings. The van der Waals surface area contributed by atoms with Gasteiger partial charge in [-0.2, -0.15) is 0 Å². The Morgan fingerprint density at radius 1 is 0.933 bits per heavy atom. The fourth-order valence-electron chi connectivity index (χ4n) is 7.03. The summed E-state index contributed by atoms with van der Waals surface area (Å²) in [6.45, 7) is 11.5. The lowest BCUT2D eigenvalue weighted by Crippen LogP contribution is -2.58. The second-order valence-corrected chi connectivity index (χ2v) is 11.9. The molecule has 5 heteroatoms. The molecule has 0 saturated heterocycles. The third-order valence-electron chi connectivity index (χ3n) is 8.65. The highest BCUT2D eigenvalue weighted by Crippen LogP contribution is 2.64. The van der Waals surface area contributed by atoms with Gasteiger partial charge in [-0.15, -0.1) is 0 Å². The number of ether oxygens (including phenoxy) is 2. The normalized spacial score (nSPS) is 32.6. The Bertz CT molecular complexity index is 629. The van der Waals surface area contributed by atoms with Crippen molar-refractivity contribution in [2.45, 2.75) is 98.5 Å². The summed E-state index contributed by atoms with van der Waals surface area (Å²) in [6, 6.07) is 0. The average molecular weight is 423 g/mol. The molecule has 0 amide bonds. The van der Waals surface area contributed by atoms with Crippen molar-refractivity contribution in [1.82, 2.24) is 0 Å². The third-order valence-corrected chi connectivity index (χ3v) is 8.65. The molecule has 0 radical (unpaired) electrons. The van der Waals surface area contributed by atoms with Gasteiger partial charge in [0.15, 0.2) is 0 Å². The number of esters is 2. The van der Waals surface area contributed by atoms with Crippen molar-refractivity contribution in [3.8, 4) is 0 Å². The van der Waals surface area contributed by atoms with Crippen LogP contribution in [0.3, 0.4) is 0 Å². The van der Waals surface area contributed by atoms with Crippen molar-refractivity contribution in [1.29, 1.82) is 0 Å². The van der Waals surface area contributed by atoms with Gasteiger partial charge in [0.2, 0.25) is 0 Å². The molecule has 4 saturated carbocycles. The quantitative estimate of drug-likeness (QED) is 0.536. The largest absolute Gasteiger partial charge is 0.463 e. The van der Waals surface area contributed by atoms with Gasteiger partial charge >= 0.3 is 11.9 Å². The summed E-state index contributed by atoms with van der Waals surface area (Å²) in [6.07, 6.45) is 8.58. The minimum absolute atomic E-state index is 0.0192. The summed E-state index contributed by atoms with van der Waals surface area (Å²) in [7, 11) is 0. The van der Waals surface area contributed by atoms with Gasteiger partial charge < -0.3 is 14.6 Å². The number of rotatable bonds is 9. The Hall–Kier alpha value is -1.10. The van der Waals surface area contributed by atoms with E-state index in [9.17, 15) is 9.59 Å². The van der Waals surface area contributed by atoms with Gasteiger partial charge in [-0.1, -0.05) is 6.92 Å². The zero-order chi connectivity index (χ0) is 22.4. The first kappa shape index (κ1) is 23.6. The van der Waals surface area contributed by atoms with Crippen LogP contribution in [0, 0.1) is 34.0 Å². The Kier molecular flexibility index (Phi) is 6.37. The van der Waals surface area contributed by atoms with Gasteiger partial charge in [0, 0.05) is 5.41 Å². The number of hydrogen-bond donors (Lipinski definition) is 1. The fraction of sp³-hybridized carbons (Fsp3) is 0.920. The second-order valence-electron chi connectivity index (χ2n) is 11.9. The van der Waals surface area contributed by atoms with E-state index in [2.05, 4.69) is 13.8 Å². The van der Waals surface area contributed by atoms with Crippen LogP contribution in [0.2, 0.25) is 0 Å². The van der Waals surface area contributed by atoms with Crippen molar-refractivity contribution in [2.75, 3.05) is 13.2 Å². The first-order valence-electron chi connectivity index (χ1n) is 11.9. The highest BCUT2D eigenvalue weighted by Gasteiger charge is 2.59. The molecular formula is C25H42O5. The van der Waals surface area contributed by atoms with Crippen LogP contribution in [-0.2, 0) is 19.1 Å². The van der Waals surface area contributed by atoms with Crippen molar-refractivity contribution >= 4 is 11.9 Å². The smallest absolute Gasteiger partial charge is 0.312 e. The minimum Gasteiger partial charge on any atom is -0.463 e. The Labute approximate surface area is 182 Å². The average Bonchev–Trinajstić information content (AvgIpc) is 2.64. The molecule has 1 unspecified atom stereocenters. The van der Waals surface area contributed by atoms with E-state index in [1.807, 2.05) is 13.8 Å². The van der Waals surface area contributed by atoms with E-state index in [0.29, 0.717) is 12.8 Å². The van der Waals surface area contributed by atoms with Gasteiger partial charge in [-0.05, 0) is 104 Å². The lowest BCUT2D eigenvalue weighted by atomic mass is 9.46. The molecule has 4 bridgehead atoms. The van der Waals surface area contributed by atoms with E-state index in [4.69, 9.17) is 14.6 Å². The van der Waals surface area contributed by atoms with Crippen LogP contribution in [0.15, 0.2) is 0 Å². The van der Waals surface area contributed by atoms with E-state index in [1.54, 1.807) is 13.8 Å². The van der Waals surface area contributed by atoms with Crippen LogP contribution in [0.4, 0.5) is 0 Å². The van der Waals surface area contributed by atoms with E-state index in [1.165, 1.54) is 38.5 Å². The first-order valence-corrected chi connectivity index (χ1v) is 11.9. The monoisotopic (exact) mass is 422 g/mol. The van der Waals surface area contributed by atoms with Gasteiger partial charge in [0.1, 0.15) is 12.2 Å². The van der Waals surface area contributed by atoms with Gasteiger partial charge in [0.25, 0.3) is 0 Å². The van der Waals surface area contributed by atoms with Crippen LogP contribution in [0.25, 0.3) is 0 Å². The Morgan fingerprint density at radius 3 is 1.87 bits per heavy atom. The van der Waals surface area contributed by atoms with Crippen LogP contribution >= 0.6 is 0 Å². The molecule has 0 aliphatic heterocycles. The zero-order valence-corrected chi connectivity index (χ0v) is 19.9. The lowest BCUT2D eigenvalue weighted by molar-refractivity contribution is -0.208. The van der Waals surface area contributed by atoms with Crippen LogP contribution in [-0.4, -0.2) is 35.9 Å². The number of hydrogen-bond acceptors (Lipinski definition) is 5. The van der Waals surface area contributed by atoms with Gasteiger partial charge in [-0.25, -0.2) is 0 Å². The molecule has 4 rings (SSSR count).